The molecule has 1 aliphatic heterocycles. The van der Waals surface area contributed by atoms with Crippen LogP contribution in [0.4, 0.5) is 0 Å². The molecule has 0 aromatic carbocycles. The minimum absolute atomic E-state index is 0.0671. The highest BCUT2D eigenvalue weighted by Crippen LogP contribution is 2.24. The largest absolute Gasteiger partial charge is 0.361 e. The molecule has 7 heteroatoms. The molecule has 0 bridgehead atoms. The Kier molecular flexibility index (Phi) is 5.52. The van der Waals surface area contributed by atoms with Gasteiger partial charge < -0.3 is 15.2 Å². The number of hydrogen-bond donors (Lipinski definition) is 2. The van der Waals surface area contributed by atoms with E-state index in [9.17, 15) is 4.79 Å². The van der Waals surface area contributed by atoms with Crippen molar-refractivity contribution >= 4 is 17.7 Å². The van der Waals surface area contributed by atoms with E-state index in [1.54, 1.807) is 12.3 Å². The second kappa shape index (κ2) is 7.81. The number of carbonyl (C=O) groups excluding carboxylic acids is 1. The maximum atomic E-state index is 12.7. The molecule has 0 saturated carbocycles. The van der Waals surface area contributed by atoms with Crippen LogP contribution >= 0.6 is 11.8 Å². The van der Waals surface area contributed by atoms with Crippen LogP contribution in [0.15, 0.2) is 33.9 Å². The number of pyridine rings is 1. The molecule has 1 amide bonds. The summed E-state index contributed by atoms with van der Waals surface area (Å²) < 4.78 is 5.07. The molecule has 0 spiro atoms. The Bertz CT molecular complexity index is 703. The minimum atomic E-state index is -0.0671. The summed E-state index contributed by atoms with van der Waals surface area (Å²) in [6.45, 7) is 5.87. The second-order valence-corrected chi connectivity index (χ2v) is 7.09. The zero-order valence-electron chi connectivity index (χ0n) is 13.9. The van der Waals surface area contributed by atoms with Gasteiger partial charge in [-0.25, -0.2) is 4.98 Å². The first kappa shape index (κ1) is 17.0. The van der Waals surface area contributed by atoms with Crippen molar-refractivity contribution in [1.82, 2.24) is 20.8 Å². The van der Waals surface area contributed by atoms with Crippen molar-refractivity contribution in [3.63, 3.8) is 0 Å². The van der Waals surface area contributed by atoms with E-state index < -0.39 is 0 Å². The maximum Gasteiger partial charge on any atom is 0.254 e. The first-order valence-electron chi connectivity index (χ1n) is 8.15. The zero-order chi connectivity index (χ0) is 16.9. The van der Waals surface area contributed by atoms with E-state index in [-0.39, 0.29) is 11.9 Å². The van der Waals surface area contributed by atoms with Crippen LogP contribution in [0.5, 0.6) is 0 Å². The molecule has 1 aliphatic rings. The van der Waals surface area contributed by atoms with Gasteiger partial charge in [0, 0.05) is 30.6 Å². The van der Waals surface area contributed by atoms with Crippen LogP contribution in [0, 0.1) is 12.8 Å². The van der Waals surface area contributed by atoms with E-state index in [0.29, 0.717) is 22.3 Å². The minimum Gasteiger partial charge on any atom is -0.361 e. The van der Waals surface area contributed by atoms with E-state index in [1.807, 2.05) is 19.1 Å². The molecule has 1 fully saturated rings. The number of nitrogens with one attached hydrogen (secondary N) is 2. The number of hydrogen-bond acceptors (Lipinski definition) is 6. The van der Waals surface area contributed by atoms with Gasteiger partial charge in [-0.05, 0) is 37.9 Å². The van der Waals surface area contributed by atoms with Crippen LogP contribution in [0.2, 0.25) is 0 Å². The molecule has 3 rings (SSSR count). The van der Waals surface area contributed by atoms with Gasteiger partial charge >= 0.3 is 0 Å². The van der Waals surface area contributed by atoms with Gasteiger partial charge in [0.05, 0.1) is 11.3 Å². The van der Waals surface area contributed by atoms with E-state index in [2.05, 4.69) is 27.7 Å². The molecule has 2 aromatic heterocycles. The Labute approximate surface area is 145 Å². The lowest BCUT2D eigenvalue weighted by Crippen LogP contribution is -2.50. The fraction of sp³-hybridized carbons (Fsp3) is 0.471. The number of thioether (sulfide) groups is 1. The number of rotatable bonds is 5. The van der Waals surface area contributed by atoms with Crippen LogP contribution in [-0.4, -0.2) is 35.2 Å². The standard InChI is InChI=1S/C17H22N4O2S/c1-11-5-7-18-9-15(11)20-16(22)14-4-3-6-19-17(14)24-10-13-8-12(2)23-21-13/h3-4,6,8,11,15,18H,5,7,9-10H2,1-2H3,(H,20,22). The molecule has 1 saturated heterocycles. The zero-order valence-corrected chi connectivity index (χ0v) is 14.7. The predicted molar refractivity (Wildman–Crippen MR) is 92.9 cm³/mol. The highest BCUT2D eigenvalue weighted by Gasteiger charge is 2.24. The lowest BCUT2D eigenvalue weighted by molar-refractivity contribution is 0.0911. The SMILES string of the molecule is Cc1cc(CSc2ncccc2C(=O)NC2CNCCC2C)no1. The van der Waals surface area contributed by atoms with Gasteiger partial charge in [0.25, 0.3) is 5.91 Å². The maximum absolute atomic E-state index is 12.7. The van der Waals surface area contributed by atoms with Gasteiger partial charge in [-0.15, -0.1) is 0 Å². The topological polar surface area (TPSA) is 80.0 Å². The quantitative estimate of drug-likeness (QED) is 0.809. The van der Waals surface area contributed by atoms with Gasteiger partial charge in [0.1, 0.15) is 10.8 Å². The van der Waals surface area contributed by atoms with Crippen molar-refractivity contribution in [2.45, 2.75) is 37.1 Å². The molecule has 24 heavy (non-hydrogen) atoms. The van der Waals surface area contributed by atoms with Gasteiger partial charge in [-0.1, -0.05) is 23.8 Å². The molecular weight excluding hydrogens is 324 g/mol. The van der Waals surface area contributed by atoms with Gasteiger partial charge in [0.15, 0.2) is 0 Å². The van der Waals surface area contributed by atoms with Gasteiger partial charge in [-0.3, -0.25) is 4.79 Å². The van der Waals surface area contributed by atoms with Crippen molar-refractivity contribution in [1.29, 1.82) is 0 Å². The molecule has 2 aromatic rings. The van der Waals surface area contributed by atoms with Crippen LogP contribution in [0.1, 0.15) is 35.2 Å². The lowest BCUT2D eigenvalue weighted by Gasteiger charge is -2.30. The smallest absolute Gasteiger partial charge is 0.254 e. The Morgan fingerprint density at radius 1 is 1.54 bits per heavy atom. The second-order valence-electron chi connectivity index (χ2n) is 6.12. The first-order valence-corrected chi connectivity index (χ1v) is 9.13. The Morgan fingerprint density at radius 2 is 2.42 bits per heavy atom. The fourth-order valence-corrected chi connectivity index (χ4v) is 3.61. The van der Waals surface area contributed by atoms with Crippen molar-refractivity contribution in [2.24, 2.45) is 5.92 Å². The molecule has 128 valence electrons. The van der Waals surface area contributed by atoms with E-state index in [1.165, 1.54) is 11.8 Å². The number of carbonyl (C=O) groups is 1. The third-order valence-corrected chi connectivity index (χ3v) is 5.23. The summed E-state index contributed by atoms with van der Waals surface area (Å²) in [5, 5.41) is 11.2. The van der Waals surface area contributed by atoms with Crippen molar-refractivity contribution in [3.8, 4) is 0 Å². The molecule has 6 nitrogen and oxygen atoms in total. The molecule has 3 heterocycles. The van der Waals surface area contributed by atoms with Crippen molar-refractivity contribution in [2.75, 3.05) is 13.1 Å². The highest BCUT2D eigenvalue weighted by molar-refractivity contribution is 7.98. The van der Waals surface area contributed by atoms with Crippen LogP contribution in [0.3, 0.4) is 0 Å². The molecule has 0 radical (unpaired) electrons. The summed E-state index contributed by atoms with van der Waals surface area (Å²) in [5.74, 6) is 1.81. The first-order chi connectivity index (χ1) is 11.6. The Hall–Kier alpha value is -1.86. The fourth-order valence-electron chi connectivity index (χ4n) is 2.74. The molecule has 2 unspecified atom stereocenters. The molecule has 2 atom stereocenters. The number of piperidine rings is 1. The summed E-state index contributed by atoms with van der Waals surface area (Å²) in [5.41, 5.74) is 1.46. The van der Waals surface area contributed by atoms with Crippen LogP contribution in [0.25, 0.3) is 0 Å². The number of aromatic nitrogens is 2. The number of aryl methyl sites for hydroxylation is 1. The Morgan fingerprint density at radius 3 is 3.17 bits per heavy atom. The molecule has 0 aliphatic carbocycles. The third-order valence-electron chi connectivity index (χ3n) is 4.19. The number of nitrogens with zero attached hydrogens (tertiary/aromatic N) is 2. The van der Waals surface area contributed by atoms with E-state index >= 15 is 0 Å². The monoisotopic (exact) mass is 346 g/mol. The van der Waals surface area contributed by atoms with Crippen LogP contribution in [-0.2, 0) is 5.75 Å². The molecule has 2 N–H and O–H groups in total. The summed E-state index contributed by atoms with van der Waals surface area (Å²) in [6.07, 6.45) is 2.78. The highest BCUT2D eigenvalue weighted by atomic mass is 32.2. The van der Waals surface area contributed by atoms with Crippen molar-refractivity contribution < 1.29 is 9.32 Å². The predicted octanol–water partition coefficient (Wildman–Crippen LogP) is 2.40. The third kappa shape index (κ3) is 4.15. The summed E-state index contributed by atoms with van der Waals surface area (Å²) in [4.78, 5) is 17.0. The average Bonchev–Trinajstić information content (AvgIpc) is 3.01. The van der Waals surface area contributed by atoms with Gasteiger partial charge in [0.2, 0.25) is 0 Å². The summed E-state index contributed by atoms with van der Waals surface area (Å²) >= 11 is 1.49. The summed E-state index contributed by atoms with van der Waals surface area (Å²) in [6, 6.07) is 5.66. The summed E-state index contributed by atoms with van der Waals surface area (Å²) in [7, 11) is 0. The average molecular weight is 346 g/mol. The van der Waals surface area contributed by atoms with Crippen LogP contribution < -0.4 is 10.6 Å². The molecular formula is C17H22N4O2S. The van der Waals surface area contributed by atoms with Crippen molar-refractivity contribution in [3.05, 3.63) is 41.4 Å². The van der Waals surface area contributed by atoms with Gasteiger partial charge in [-0.2, -0.15) is 0 Å². The Balaban J connectivity index is 1.67. The van der Waals surface area contributed by atoms with E-state index in [4.69, 9.17) is 4.52 Å². The number of amides is 1. The normalized spacial score (nSPS) is 20.8. The lowest BCUT2D eigenvalue weighted by atomic mass is 9.94. The van der Waals surface area contributed by atoms with E-state index in [0.717, 1.165) is 31.0 Å².